The van der Waals surface area contributed by atoms with Gasteiger partial charge in [-0.15, -0.1) is 0 Å². The predicted molar refractivity (Wildman–Crippen MR) is 219 cm³/mol. The van der Waals surface area contributed by atoms with Crippen molar-refractivity contribution in [2.24, 2.45) is 0 Å². The van der Waals surface area contributed by atoms with Gasteiger partial charge < -0.3 is 55.7 Å². The van der Waals surface area contributed by atoms with Crippen LogP contribution in [0.15, 0.2) is 0 Å². The molecule has 58 heavy (non-hydrogen) atoms. The molecule has 336 valence electrons. The number of amides is 5. The quantitative estimate of drug-likeness (QED) is 0.0344. The van der Waals surface area contributed by atoms with Gasteiger partial charge in [0.05, 0.1) is 45.0 Å². The van der Waals surface area contributed by atoms with Crippen molar-refractivity contribution in [1.29, 1.82) is 0 Å². The van der Waals surface area contributed by atoms with Gasteiger partial charge >= 0.3 is 11.9 Å². The molecule has 0 aromatic rings. The van der Waals surface area contributed by atoms with Crippen molar-refractivity contribution in [3.05, 3.63) is 0 Å². The molecule has 0 saturated heterocycles. The van der Waals surface area contributed by atoms with Crippen LogP contribution in [0.25, 0.3) is 0 Å². The van der Waals surface area contributed by atoms with Crippen LogP contribution in [0, 0.1) is 0 Å². The number of alkyl halides is 1. The molecule has 0 heterocycles. The summed E-state index contributed by atoms with van der Waals surface area (Å²) in [6.45, 7) is 2.06. The highest BCUT2D eigenvalue weighted by Gasteiger charge is 2.20. The van der Waals surface area contributed by atoms with E-state index in [0.717, 1.165) is 38.5 Å². The van der Waals surface area contributed by atoms with E-state index >= 15 is 0 Å². The summed E-state index contributed by atoms with van der Waals surface area (Å²) in [5.41, 5.74) is 0. The summed E-state index contributed by atoms with van der Waals surface area (Å²) in [7, 11) is 0. The van der Waals surface area contributed by atoms with Crippen LogP contribution >= 0.6 is 15.9 Å². The third kappa shape index (κ3) is 39.4. The fourth-order valence-corrected chi connectivity index (χ4v) is 5.62. The van der Waals surface area contributed by atoms with Gasteiger partial charge in [-0.05, 0) is 19.3 Å². The molecule has 0 bridgehead atoms. The van der Waals surface area contributed by atoms with Crippen molar-refractivity contribution in [3.8, 4) is 0 Å². The molecule has 19 heteroatoms. The van der Waals surface area contributed by atoms with Crippen LogP contribution in [-0.2, 0) is 52.5 Å². The zero-order chi connectivity index (χ0) is 42.9. The van der Waals surface area contributed by atoms with Gasteiger partial charge in [-0.1, -0.05) is 93.0 Å². The number of nitrogens with one attached hydrogen (secondary N) is 5. The molecule has 18 nitrogen and oxygen atoms in total. The Morgan fingerprint density at radius 3 is 1.28 bits per heavy atom. The van der Waals surface area contributed by atoms with E-state index in [4.69, 9.17) is 24.1 Å². The Morgan fingerprint density at radius 1 is 0.431 bits per heavy atom. The minimum atomic E-state index is -1.18. The van der Waals surface area contributed by atoms with Crippen molar-refractivity contribution in [2.45, 2.75) is 122 Å². The number of carbonyl (C=O) groups is 7. The van der Waals surface area contributed by atoms with E-state index < -0.39 is 18.0 Å². The first-order chi connectivity index (χ1) is 28.0. The maximum atomic E-state index is 12.3. The Bertz CT molecular complexity index is 1140. The van der Waals surface area contributed by atoms with Crippen LogP contribution in [0.5, 0.6) is 0 Å². The first kappa shape index (κ1) is 54.6. The SMILES string of the molecule is O=C(O)CCCCCCCCCCCCCCCCC(=O)N[C@@H](CCC(=O)NCCOCCOCC(=O)NCCOCCOCC(=O)NCCNC(=O)CBr)C(=O)O. The lowest BCUT2D eigenvalue weighted by molar-refractivity contribution is -0.142. The summed E-state index contributed by atoms with van der Waals surface area (Å²) in [6, 6.07) is -1.14. The van der Waals surface area contributed by atoms with Gasteiger partial charge in [0, 0.05) is 45.4 Å². The predicted octanol–water partition coefficient (Wildman–Crippen LogP) is 2.59. The molecular formula is C39H70BrN5O13. The zero-order valence-electron chi connectivity index (χ0n) is 34.3. The Kier molecular flexibility index (Phi) is 38.0. The summed E-state index contributed by atoms with van der Waals surface area (Å²) in [5.74, 6) is -3.39. The minimum absolute atomic E-state index is 0.0278. The highest BCUT2D eigenvalue weighted by atomic mass is 79.9. The first-order valence-corrected chi connectivity index (χ1v) is 21.8. The Labute approximate surface area is 351 Å². The number of carboxylic acid groups (broad SMARTS) is 2. The molecule has 0 aliphatic heterocycles. The van der Waals surface area contributed by atoms with E-state index in [1.165, 1.54) is 44.9 Å². The normalized spacial score (nSPS) is 11.4. The number of carbonyl (C=O) groups excluding carboxylic acids is 5. The molecule has 0 radical (unpaired) electrons. The highest BCUT2D eigenvalue weighted by Crippen LogP contribution is 2.14. The number of hydrogen-bond acceptors (Lipinski definition) is 11. The molecule has 5 amide bonds. The van der Waals surface area contributed by atoms with Crippen molar-refractivity contribution in [2.75, 3.05) is 84.4 Å². The molecule has 0 saturated carbocycles. The van der Waals surface area contributed by atoms with Gasteiger partial charge in [0.15, 0.2) is 0 Å². The second-order valence-corrected chi connectivity index (χ2v) is 14.3. The molecule has 0 fully saturated rings. The van der Waals surface area contributed by atoms with E-state index in [0.29, 0.717) is 19.5 Å². The number of ether oxygens (including phenoxy) is 4. The molecule has 0 spiro atoms. The summed E-state index contributed by atoms with van der Waals surface area (Å²) in [6.07, 6.45) is 15.5. The summed E-state index contributed by atoms with van der Waals surface area (Å²) < 4.78 is 21.2. The molecule has 0 aliphatic carbocycles. The first-order valence-electron chi connectivity index (χ1n) is 20.7. The topological polar surface area (TPSA) is 257 Å². The highest BCUT2D eigenvalue weighted by molar-refractivity contribution is 9.09. The summed E-state index contributed by atoms with van der Waals surface area (Å²) >= 11 is 3.03. The molecule has 0 aromatic heterocycles. The minimum Gasteiger partial charge on any atom is -0.481 e. The zero-order valence-corrected chi connectivity index (χ0v) is 35.8. The van der Waals surface area contributed by atoms with Crippen LogP contribution in [-0.4, -0.2) is 142 Å². The van der Waals surface area contributed by atoms with Crippen LogP contribution in [0.4, 0.5) is 0 Å². The van der Waals surface area contributed by atoms with Crippen molar-refractivity contribution < 1.29 is 62.7 Å². The molecule has 0 aliphatic rings. The standard InChI is InChI=1S/C39H70BrN5O13/c40-29-35(48)41-19-20-42-36(49)30-57-27-26-56-24-22-44-37(50)31-58-28-25-55-23-21-43-33(46)18-17-32(39(53)54)45-34(47)15-13-11-9-7-5-3-1-2-4-6-8-10-12-14-16-38(51)52/h32H,1-31H2,(H,41,48)(H,42,49)(H,43,46)(H,44,50)(H,45,47)(H,51,52)(H,53,54)/t32-/m0/s1. The average Bonchev–Trinajstić information content (AvgIpc) is 3.19. The van der Waals surface area contributed by atoms with E-state index in [9.17, 15) is 38.7 Å². The monoisotopic (exact) mass is 895 g/mol. The average molecular weight is 897 g/mol. The van der Waals surface area contributed by atoms with Gasteiger partial charge in [-0.2, -0.15) is 0 Å². The van der Waals surface area contributed by atoms with Crippen LogP contribution in [0.2, 0.25) is 0 Å². The molecular weight excluding hydrogens is 826 g/mol. The fraction of sp³-hybridized carbons (Fsp3) is 0.821. The lowest BCUT2D eigenvalue weighted by Crippen LogP contribution is -2.41. The molecule has 0 unspecified atom stereocenters. The Morgan fingerprint density at radius 2 is 0.828 bits per heavy atom. The van der Waals surface area contributed by atoms with Gasteiger partial charge in [0.2, 0.25) is 29.5 Å². The van der Waals surface area contributed by atoms with Crippen molar-refractivity contribution in [3.63, 3.8) is 0 Å². The smallest absolute Gasteiger partial charge is 0.326 e. The van der Waals surface area contributed by atoms with E-state index in [1.54, 1.807) is 0 Å². The van der Waals surface area contributed by atoms with E-state index in [1.807, 2.05) is 0 Å². The second kappa shape index (κ2) is 40.4. The fourth-order valence-electron chi connectivity index (χ4n) is 5.42. The summed E-state index contributed by atoms with van der Waals surface area (Å²) in [4.78, 5) is 81.2. The van der Waals surface area contributed by atoms with Crippen molar-refractivity contribution in [1.82, 2.24) is 26.6 Å². The number of rotatable bonds is 42. The lowest BCUT2D eigenvalue weighted by atomic mass is 10.0. The number of halogens is 1. The van der Waals surface area contributed by atoms with Gasteiger partial charge in [-0.25, -0.2) is 4.79 Å². The van der Waals surface area contributed by atoms with Crippen LogP contribution < -0.4 is 26.6 Å². The lowest BCUT2D eigenvalue weighted by Gasteiger charge is -2.14. The van der Waals surface area contributed by atoms with Crippen LogP contribution in [0.1, 0.15) is 116 Å². The number of aliphatic carboxylic acids is 2. The molecule has 0 rings (SSSR count). The van der Waals surface area contributed by atoms with Gasteiger partial charge in [0.25, 0.3) is 0 Å². The van der Waals surface area contributed by atoms with Gasteiger partial charge in [0.1, 0.15) is 19.3 Å². The number of carboxylic acids is 2. The maximum Gasteiger partial charge on any atom is 0.326 e. The Hall–Kier alpha value is -3.39. The van der Waals surface area contributed by atoms with E-state index in [-0.39, 0.29) is 126 Å². The van der Waals surface area contributed by atoms with Gasteiger partial charge in [-0.3, -0.25) is 28.8 Å². The summed E-state index contributed by atoms with van der Waals surface area (Å²) in [5, 5.41) is 31.4. The maximum absolute atomic E-state index is 12.3. The second-order valence-electron chi connectivity index (χ2n) is 13.7. The number of unbranched alkanes of at least 4 members (excludes halogenated alkanes) is 13. The Balaban J connectivity index is 3.65. The van der Waals surface area contributed by atoms with Crippen LogP contribution in [0.3, 0.4) is 0 Å². The number of hydrogen-bond donors (Lipinski definition) is 7. The molecule has 1 atom stereocenters. The third-order valence-corrected chi connectivity index (χ3v) is 9.09. The largest absolute Gasteiger partial charge is 0.481 e. The van der Waals surface area contributed by atoms with E-state index in [2.05, 4.69) is 42.5 Å². The third-order valence-electron chi connectivity index (χ3n) is 8.58. The molecule has 7 N–H and O–H groups in total. The van der Waals surface area contributed by atoms with Crippen molar-refractivity contribution >= 4 is 57.4 Å². The molecule has 0 aromatic carbocycles.